The fourth-order valence-corrected chi connectivity index (χ4v) is 2.39. The lowest BCUT2D eigenvalue weighted by atomic mass is 10.1. The zero-order chi connectivity index (χ0) is 13.4. The lowest BCUT2D eigenvalue weighted by Gasteiger charge is -2.08. The summed E-state index contributed by atoms with van der Waals surface area (Å²) in [6, 6.07) is 4.31. The third-order valence-corrected chi connectivity index (χ3v) is 3.44. The SMILES string of the molecule is COCCCSCc1ccc(F)cc1C(N)=NO. The summed E-state index contributed by atoms with van der Waals surface area (Å²) in [5, 5.41) is 11.6. The van der Waals surface area contributed by atoms with Crippen LogP contribution in [0.3, 0.4) is 0 Å². The van der Waals surface area contributed by atoms with Crippen LogP contribution < -0.4 is 5.73 Å². The van der Waals surface area contributed by atoms with Crippen molar-refractivity contribution in [3.8, 4) is 0 Å². The van der Waals surface area contributed by atoms with Crippen LogP contribution in [0.2, 0.25) is 0 Å². The van der Waals surface area contributed by atoms with E-state index < -0.39 is 5.82 Å². The van der Waals surface area contributed by atoms with Gasteiger partial charge in [-0.05, 0) is 29.9 Å². The van der Waals surface area contributed by atoms with E-state index in [0.717, 1.165) is 24.3 Å². The van der Waals surface area contributed by atoms with Gasteiger partial charge >= 0.3 is 0 Å². The maximum absolute atomic E-state index is 13.1. The average molecular weight is 272 g/mol. The minimum absolute atomic E-state index is 0.0676. The van der Waals surface area contributed by atoms with Crippen molar-refractivity contribution >= 4 is 17.6 Å². The molecule has 0 bridgehead atoms. The molecule has 0 aliphatic heterocycles. The van der Waals surface area contributed by atoms with Crippen LogP contribution in [0.5, 0.6) is 0 Å². The number of hydrogen-bond donors (Lipinski definition) is 2. The molecule has 100 valence electrons. The molecular weight excluding hydrogens is 255 g/mol. The number of benzene rings is 1. The Balaban J connectivity index is 2.64. The van der Waals surface area contributed by atoms with Crippen molar-refractivity contribution in [3.63, 3.8) is 0 Å². The first kappa shape index (κ1) is 14.8. The highest BCUT2D eigenvalue weighted by Crippen LogP contribution is 2.18. The Kier molecular flexibility index (Phi) is 6.53. The van der Waals surface area contributed by atoms with Crippen molar-refractivity contribution in [2.45, 2.75) is 12.2 Å². The van der Waals surface area contributed by atoms with Crippen LogP contribution in [0, 0.1) is 5.82 Å². The van der Waals surface area contributed by atoms with E-state index in [9.17, 15) is 4.39 Å². The maximum atomic E-state index is 13.1. The van der Waals surface area contributed by atoms with Gasteiger partial charge in [0.25, 0.3) is 0 Å². The van der Waals surface area contributed by atoms with E-state index in [-0.39, 0.29) is 5.84 Å². The Bertz CT molecular complexity index is 413. The van der Waals surface area contributed by atoms with Crippen molar-refractivity contribution in [1.82, 2.24) is 0 Å². The quantitative estimate of drug-likeness (QED) is 0.262. The second-order valence-corrected chi connectivity index (χ2v) is 4.79. The topological polar surface area (TPSA) is 67.8 Å². The van der Waals surface area contributed by atoms with Gasteiger partial charge in [-0.3, -0.25) is 0 Å². The van der Waals surface area contributed by atoms with Crippen molar-refractivity contribution in [1.29, 1.82) is 0 Å². The molecule has 1 rings (SSSR count). The van der Waals surface area contributed by atoms with Gasteiger partial charge in [0.1, 0.15) is 5.82 Å². The van der Waals surface area contributed by atoms with Crippen molar-refractivity contribution < 1.29 is 14.3 Å². The van der Waals surface area contributed by atoms with E-state index in [1.54, 1.807) is 24.9 Å². The average Bonchev–Trinajstić information content (AvgIpc) is 2.39. The number of nitrogens with zero attached hydrogens (tertiary/aromatic N) is 1. The fraction of sp³-hybridized carbons (Fsp3) is 0.417. The molecule has 0 aliphatic carbocycles. The normalized spacial score (nSPS) is 11.8. The summed E-state index contributed by atoms with van der Waals surface area (Å²) in [5.74, 6) is 1.17. The number of oxime groups is 1. The summed E-state index contributed by atoms with van der Waals surface area (Å²) in [4.78, 5) is 0. The van der Waals surface area contributed by atoms with Crippen molar-refractivity contribution in [2.24, 2.45) is 10.9 Å². The van der Waals surface area contributed by atoms with Gasteiger partial charge in [0.2, 0.25) is 0 Å². The standard InChI is InChI=1S/C12H17FN2O2S/c1-17-5-2-6-18-8-9-3-4-10(13)7-11(9)12(14)15-16/h3-4,7,16H,2,5-6,8H2,1H3,(H2,14,15). The maximum Gasteiger partial charge on any atom is 0.170 e. The molecule has 0 fully saturated rings. The van der Waals surface area contributed by atoms with Gasteiger partial charge in [-0.15, -0.1) is 0 Å². The zero-order valence-corrected chi connectivity index (χ0v) is 11.0. The number of nitrogens with two attached hydrogens (primary N) is 1. The fourth-order valence-electron chi connectivity index (χ4n) is 1.45. The van der Waals surface area contributed by atoms with Gasteiger partial charge in [0.15, 0.2) is 5.84 Å². The Morgan fingerprint density at radius 2 is 2.33 bits per heavy atom. The molecule has 0 spiro atoms. The molecule has 6 heteroatoms. The highest BCUT2D eigenvalue weighted by atomic mass is 32.2. The molecule has 18 heavy (non-hydrogen) atoms. The summed E-state index contributed by atoms with van der Waals surface area (Å²) in [5.41, 5.74) is 6.82. The molecule has 0 aromatic heterocycles. The van der Waals surface area contributed by atoms with E-state index in [0.29, 0.717) is 11.3 Å². The van der Waals surface area contributed by atoms with Gasteiger partial charge in [-0.1, -0.05) is 11.2 Å². The summed E-state index contributed by atoms with van der Waals surface area (Å²) in [7, 11) is 1.67. The Labute approximate surface area is 110 Å². The van der Waals surface area contributed by atoms with E-state index in [1.807, 2.05) is 0 Å². The van der Waals surface area contributed by atoms with E-state index in [2.05, 4.69) is 5.16 Å². The lowest BCUT2D eigenvalue weighted by molar-refractivity contribution is 0.200. The Hall–Kier alpha value is -1.27. The first-order chi connectivity index (χ1) is 8.69. The number of hydrogen-bond acceptors (Lipinski definition) is 4. The third kappa shape index (κ3) is 4.54. The molecule has 0 radical (unpaired) electrons. The molecule has 4 nitrogen and oxygen atoms in total. The molecule has 0 amide bonds. The molecule has 1 aromatic carbocycles. The van der Waals surface area contributed by atoms with Crippen LogP contribution in [0.25, 0.3) is 0 Å². The van der Waals surface area contributed by atoms with Gasteiger partial charge in [-0.25, -0.2) is 4.39 Å². The number of amidine groups is 1. The molecule has 1 aromatic rings. The van der Waals surface area contributed by atoms with Crippen LogP contribution in [-0.2, 0) is 10.5 Å². The smallest absolute Gasteiger partial charge is 0.170 e. The number of methoxy groups -OCH3 is 1. The first-order valence-corrected chi connectivity index (χ1v) is 6.67. The second-order valence-electron chi connectivity index (χ2n) is 3.69. The largest absolute Gasteiger partial charge is 0.409 e. The highest BCUT2D eigenvalue weighted by Gasteiger charge is 2.08. The van der Waals surface area contributed by atoms with Gasteiger partial charge < -0.3 is 15.7 Å². The van der Waals surface area contributed by atoms with Crippen LogP contribution >= 0.6 is 11.8 Å². The first-order valence-electron chi connectivity index (χ1n) is 5.52. The number of ether oxygens (including phenoxy) is 1. The van der Waals surface area contributed by atoms with Gasteiger partial charge in [-0.2, -0.15) is 11.8 Å². The van der Waals surface area contributed by atoms with E-state index in [1.165, 1.54) is 12.1 Å². The van der Waals surface area contributed by atoms with Crippen LogP contribution in [0.15, 0.2) is 23.4 Å². The summed E-state index contributed by atoms with van der Waals surface area (Å²) < 4.78 is 18.1. The minimum Gasteiger partial charge on any atom is -0.409 e. The number of halogens is 1. The predicted octanol–water partition coefficient (Wildman–Crippen LogP) is 2.19. The van der Waals surface area contributed by atoms with Crippen LogP contribution in [0.4, 0.5) is 4.39 Å². The summed E-state index contributed by atoms with van der Waals surface area (Å²) >= 11 is 1.70. The van der Waals surface area contributed by atoms with Gasteiger partial charge in [0, 0.05) is 25.0 Å². The van der Waals surface area contributed by atoms with Crippen molar-refractivity contribution in [3.05, 3.63) is 35.1 Å². The Morgan fingerprint density at radius 3 is 3.00 bits per heavy atom. The second kappa shape index (κ2) is 7.94. The molecular formula is C12H17FN2O2S. The summed E-state index contributed by atoms with van der Waals surface area (Å²) in [6.07, 6.45) is 0.960. The molecule has 0 heterocycles. The van der Waals surface area contributed by atoms with Crippen LogP contribution in [-0.4, -0.2) is 30.5 Å². The van der Waals surface area contributed by atoms with E-state index in [4.69, 9.17) is 15.7 Å². The predicted molar refractivity (Wildman–Crippen MR) is 71.6 cm³/mol. The van der Waals surface area contributed by atoms with Crippen LogP contribution in [0.1, 0.15) is 17.5 Å². The third-order valence-electron chi connectivity index (χ3n) is 2.35. The molecule has 0 unspecified atom stereocenters. The lowest BCUT2D eigenvalue weighted by Crippen LogP contribution is -2.15. The number of rotatable bonds is 7. The molecule has 0 saturated carbocycles. The van der Waals surface area contributed by atoms with Crippen molar-refractivity contribution in [2.75, 3.05) is 19.5 Å². The molecule has 0 atom stereocenters. The minimum atomic E-state index is -0.398. The van der Waals surface area contributed by atoms with Gasteiger partial charge in [0.05, 0.1) is 0 Å². The molecule has 0 aliphatic rings. The van der Waals surface area contributed by atoms with E-state index >= 15 is 0 Å². The number of thioether (sulfide) groups is 1. The zero-order valence-electron chi connectivity index (χ0n) is 10.2. The molecule has 0 saturated heterocycles. The molecule has 3 N–H and O–H groups in total. The summed E-state index contributed by atoms with van der Waals surface area (Å²) in [6.45, 7) is 0.726. The highest BCUT2D eigenvalue weighted by molar-refractivity contribution is 7.98. The Morgan fingerprint density at radius 1 is 1.56 bits per heavy atom. The monoisotopic (exact) mass is 272 g/mol.